The van der Waals surface area contributed by atoms with E-state index in [0.717, 1.165) is 60.5 Å². The van der Waals surface area contributed by atoms with Crippen molar-refractivity contribution in [1.82, 2.24) is 24.3 Å². The van der Waals surface area contributed by atoms with Gasteiger partial charge in [-0.2, -0.15) is 13.2 Å². The first-order chi connectivity index (χ1) is 22.0. The van der Waals surface area contributed by atoms with Crippen LogP contribution < -0.4 is 10.1 Å². The molecular formula is C34H31F3N6O3. The van der Waals surface area contributed by atoms with E-state index < -0.39 is 17.6 Å². The van der Waals surface area contributed by atoms with Crippen LogP contribution in [0.15, 0.2) is 85.2 Å². The fraction of sp³-hybridized carbons (Fsp3) is 0.235. The number of aromatic nitrogens is 3. The topological polar surface area (TPSA) is 92.6 Å². The summed E-state index contributed by atoms with van der Waals surface area (Å²) in [6, 6.07) is 18.9. The zero-order chi connectivity index (χ0) is 32.4. The van der Waals surface area contributed by atoms with Gasteiger partial charge >= 0.3 is 6.18 Å². The summed E-state index contributed by atoms with van der Waals surface area (Å²) in [5.41, 5.74) is 2.80. The molecule has 2 amide bonds. The number of anilines is 1. The normalized spacial score (nSPS) is 14.0. The number of carbonyl (C=O) groups excluding carboxylic acids is 2. The van der Waals surface area contributed by atoms with E-state index in [9.17, 15) is 22.8 Å². The molecule has 0 bridgehead atoms. The average Bonchev–Trinajstić information content (AvgIpc) is 3.37. The van der Waals surface area contributed by atoms with Crippen molar-refractivity contribution in [3.8, 4) is 11.6 Å². The van der Waals surface area contributed by atoms with Crippen LogP contribution in [-0.4, -0.2) is 62.3 Å². The number of halogens is 3. The van der Waals surface area contributed by atoms with Gasteiger partial charge in [-0.3, -0.25) is 19.5 Å². The Balaban J connectivity index is 1.09. The summed E-state index contributed by atoms with van der Waals surface area (Å²) >= 11 is 0. The first-order valence-corrected chi connectivity index (χ1v) is 14.7. The molecule has 0 saturated carbocycles. The van der Waals surface area contributed by atoms with Crippen molar-refractivity contribution >= 4 is 28.4 Å². The molecule has 1 fully saturated rings. The summed E-state index contributed by atoms with van der Waals surface area (Å²) in [5.74, 6) is 0.234. The molecule has 9 nitrogen and oxygen atoms in total. The van der Waals surface area contributed by atoms with E-state index in [-0.39, 0.29) is 11.5 Å². The lowest BCUT2D eigenvalue weighted by Gasteiger charge is -2.34. The minimum atomic E-state index is -4.48. The van der Waals surface area contributed by atoms with Gasteiger partial charge in [0, 0.05) is 68.5 Å². The Morgan fingerprint density at radius 3 is 2.37 bits per heavy atom. The molecule has 5 aromatic rings. The first-order valence-electron chi connectivity index (χ1n) is 14.7. The number of aryl methyl sites for hydroxylation is 2. The molecule has 2 aromatic carbocycles. The molecule has 1 aliphatic heterocycles. The number of nitrogens with one attached hydrogen (secondary N) is 1. The lowest BCUT2D eigenvalue weighted by molar-refractivity contribution is -0.137. The summed E-state index contributed by atoms with van der Waals surface area (Å²) in [6.45, 7) is 5.32. The number of piperazine rings is 1. The second-order valence-electron chi connectivity index (χ2n) is 11.2. The van der Waals surface area contributed by atoms with Crippen molar-refractivity contribution in [2.24, 2.45) is 7.05 Å². The van der Waals surface area contributed by atoms with Crippen molar-refractivity contribution in [2.75, 3.05) is 31.5 Å². The molecule has 12 heteroatoms. The number of carbonyl (C=O) groups is 2. The predicted octanol–water partition coefficient (Wildman–Crippen LogP) is 6.30. The smallest absolute Gasteiger partial charge is 0.416 e. The molecule has 0 unspecified atom stereocenters. The molecule has 0 radical (unpaired) electrons. The third-order valence-electron chi connectivity index (χ3n) is 8.04. The number of amides is 2. The number of alkyl halides is 3. The molecular weight excluding hydrogens is 597 g/mol. The zero-order valence-electron chi connectivity index (χ0n) is 25.2. The number of benzene rings is 2. The third-order valence-corrected chi connectivity index (χ3v) is 8.04. The van der Waals surface area contributed by atoms with Gasteiger partial charge in [0.15, 0.2) is 0 Å². The van der Waals surface area contributed by atoms with E-state index in [1.54, 1.807) is 25.3 Å². The second-order valence-corrected chi connectivity index (χ2v) is 11.2. The number of fused-ring (bicyclic) bond motifs is 1. The summed E-state index contributed by atoms with van der Waals surface area (Å²) in [4.78, 5) is 39.0. The Kier molecular flexibility index (Phi) is 8.46. The van der Waals surface area contributed by atoms with Gasteiger partial charge in [0.1, 0.15) is 11.4 Å². The maximum absolute atomic E-state index is 13.5. The zero-order valence-corrected chi connectivity index (χ0v) is 25.2. The third kappa shape index (κ3) is 6.71. The highest BCUT2D eigenvalue weighted by atomic mass is 19.4. The highest BCUT2D eigenvalue weighted by Gasteiger charge is 2.30. The summed E-state index contributed by atoms with van der Waals surface area (Å²) in [6.07, 6.45) is -1.26. The van der Waals surface area contributed by atoms with Crippen LogP contribution in [0.2, 0.25) is 0 Å². The number of hydrogen-bond acceptors (Lipinski definition) is 6. The molecule has 4 heterocycles. The predicted molar refractivity (Wildman–Crippen MR) is 167 cm³/mol. The summed E-state index contributed by atoms with van der Waals surface area (Å²) < 4.78 is 46.4. The van der Waals surface area contributed by atoms with Crippen LogP contribution in [0, 0.1) is 6.92 Å². The van der Waals surface area contributed by atoms with Crippen molar-refractivity contribution in [3.63, 3.8) is 0 Å². The van der Waals surface area contributed by atoms with Crippen LogP contribution in [0.1, 0.15) is 37.7 Å². The maximum Gasteiger partial charge on any atom is 0.416 e. The molecule has 1 saturated heterocycles. The minimum absolute atomic E-state index is 0.0233. The number of pyridine rings is 2. The molecule has 1 N–H and O–H groups in total. The Bertz CT molecular complexity index is 1880. The quantitative estimate of drug-likeness (QED) is 0.228. The van der Waals surface area contributed by atoms with E-state index >= 15 is 0 Å². The van der Waals surface area contributed by atoms with Gasteiger partial charge in [-0.25, -0.2) is 4.98 Å². The molecule has 0 atom stereocenters. The first kappa shape index (κ1) is 30.8. The fourth-order valence-corrected chi connectivity index (χ4v) is 5.43. The number of nitrogens with zero attached hydrogens (tertiary/aromatic N) is 5. The standard InChI is InChI=1S/C34H31F3N6O3/c1-22-17-31(39-20-28(22)40-32(44)23-6-8-25(9-7-23)34(35,36)37)46-27-10-11-29-24(18-27)19-30(41(29)2)33(45)43-15-13-42(14-16-43)21-26-5-3-4-12-38-26/h3-12,17-20H,13-16,21H2,1-2H3,(H,40,44). The molecule has 0 spiro atoms. The van der Waals surface area contributed by atoms with E-state index in [2.05, 4.69) is 20.2 Å². The van der Waals surface area contributed by atoms with Gasteiger partial charge in [0.2, 0.25) is 5.88 Å². The van der Waals surface area contributed by atoms with Gasteiger partial charge < -0.3 is 19.5 Å². The van der Waals surface area contributed by atoms with Gasteiger partial charge in [-0.05, 0) is 73.2 Å². The number of hydrogen-bond donors (Lipinski definition) is 1. The fourth-order valence-electron chi connectivity index (χ4n) is 5.43. The van der Waals surface area contributed by atoms with Crippen LogP contribution in [0.25, 0.3) is 10.9 Å². The van der Waals surface area contributed by atoms with E-state index in [1.165, 1.54) is 6.20 Å². The lowest BCUT2D eigenvalue weighted by atomic mass is 10.1. The van der Waals surface area contributed by atoms with E-state index in [0.29, 0.717) is 41.7 Å². The minimum Gasteiger partial charge on any atom is -0.439 e. The molecule has 6 rings (SSSR count). The maximum atomic E-state index is 13.5. The summed E-state index contributed by atoms with van der Waals surface area (Å²) in [5, 5.41) is 3.52. The Hall–Kier alpha value is -5.23. The van der Waals surface area contributed by atoms with Crippen LogP contribution in [0.3, 0.4) is 0 Å². The number of rotatable bonds is 7. The lowest BCUT2D eigenvalue weighted by Crippen LogP contribution is -2.48. The highest BCUT2D eigenvalue weighted by molar-refractivity contribution is 6.04. The van der Waals surface area contributed by atoms with E-state index in [4.69, 9.17) is 4.74 Å². The number of ether oxygens (including phenoxy) is 1. The van der Waals surface area contributed by atoms with Crippen LogP contribution in [0.5, 0.6) is 11.6 Å². The SMILES string of the molecule is Cc1cc(Oc2ccc3c(c2)cc(C(=O)N2CCN(Cc4ccccn4)CC2)n3C)ncc1NC(=O)c1ccc(C(F)(F)F)cc1. The molecule has 46 heavy (non-hydrogen) atoms. The summed E-state index contributed by atoms with van der Waals surface area (Å²) in [7, 11) is 1.87. The van der Waals surface area contributed by atoms with Gasteiger partial charge in [0.25, 0.3) is 11.8 Å². The van der Waals surface area contributed by atoms with Crippen molar-refractivity contribution in [2.45, 2.75) is 19.6 Å². The van der Waals surface area contributed by atoms with Crippen LogP contribution in [-0.2, 0) is 19.8 Å². The second kappa shape index (κ2) is 12.6. The van der Waals surface area contributed by atoms with Gasteiger partial charge in [0.05, 0.1) is 23.1 Å². The highest BCUT2D eigenvalue weighted by Crippen LogP contribution is 2.31. The van der Waals surface area contributed by atoms with Crippen molar-refractivity contribution in [1.29, 1.82) is 0 Å². The van der Waals surface area contributed by atoms with Gasteiger partial charge in [-0.1, -0.05) is 6.07 Å². The average molecular weight is 629 g/mol. The van der Waals surface area contributed by atoms with Crippen molar-refractivity contribution < 1.29 is 27.5 Å². The van der Waals surface area contributed by atoms with E-state index in [1.807, 2.05) is 52.9 Å². The molecule has 0 aliphatic carbocycles. The Labute approximate surface area is 263 Å². The molecule has 3 aromatic heterocycles. The molecule has 1 aliphatic rings. The molecule has 236 valence electrons. The Morgan fingerprint density at radius 1 is 0.935 bits per heavy atom. The monoisotopic (exact) mass is 628 g/mol. The van der Waals surface area contributed by atoms with Crippen molar-refractivity contribution in [3.05, 3.63) is 113 Å². The Morgan fingerprint density at radius 2 is 1.70 bits per heavy atom. The largest absolute Gasteiger partial charge is 0.439 e. The van der Waals surface area contributed by atoms with Crippen LogP contribution in [0.4, 0.5) is 18.9 Å². The van der Waals surface area contributed by atoms with Gasteiger partial charge in [-0.15, -0.1) is 0 Å². The van der Waals surface area contributed by atoms with Crippen LogP contribution >= 0.6 is 0 Å².